The number of aromatic nitrogens is 1. The summed E-state index contributed by atoms with van der Waals surface area (Å²) in [7, 11) is 0. The van der Waals surface area contributed by atoms with Crippen LogP contribution >= 0.6 is 11.3 Å². The molecule has 3 N–H and O–H groups in total. The molecule has 0 aliphatic rings. The molecule has 17 heavy (non-hydrogen) atoms. The van der Waals surface area contributed by atoms with E-state index in [0.717, 1.165) is 11.3 Å². The Morgan fingerprint density at radius 2 is 2.12 bits per heavy atom. The molecule has 0 saturated heterocycles. The highest BCUT2D eigenvalue weighted by atomic mass is 32.1. The maximum atomic E-state index is 9.61. The van der Waals surface area contributed by atoms with Crippen LogP contribution < -0.4 is 5.73 Å². The standard InChI is InChI=1S/C13H16N2OS/c1-8-3-4-10(5-9(8)2)11-7-17-13(15-11)12(16)6-14/h3-5,7,12,16H,6,14H2,1-2H3. The smallest absolute Gasteiger partial charge is 0.123 e. The summed E-state index contributed by atoms with van der Waals surface area (Å²) in [6.07, 6.45) is -0.653. The van der Waals surface area contributed by atoms with Crippen molar-refractivity contribution < 1.29 is 5.11 Å². The quantitative estimate of drug-likeness (QED) is 0.877. The van der Waals surface area contributed by atoms with Gasteiger partial charge in [0.1, 0.15) is 11.1 Å². The van der Waals surface area contributed by atoms with Gasteiger partial charge in [0.05, 0.1) is 5.69 Å². The summed E-state index contributed by atoms with van der Waals surface area (Å²) in [5.74, 6) is 0. The summed E-state index contributed by atoms with van der Waals surface area (Å²) in [5.41, 5.74) is 9.92. The zero-order valence-corrected chi connectivity index (χ0v) is 10.8. The first-order valence-corrected chi connectivity index (χ1v) is 6.41. The van der Waals surface area contributed by atoms with E-state index in [0.29, 0.717) is 5.01 Å². The van der Waals surface area contributed by atoms with Gasteiger partial charge in [-0.25, -0.2) is 4.98 Å². The highest BCUT2D eigenvalue weighted by molar-refractivity contribution is 7.10. The van der Waals surface area contributed by atoms with E-state index in [1.165, 1.54) is 22.5 Å². The van der Waals surface area contributed by atoms with Crippen LogP contribution in [0.4, 0.5) is 0 Å². The second-order valence-electron chi connectivity index (χ2n) is 4.12. The Morgan fingerprint density at radius 1 is 1.35 bits per heavy atom. The molecule has 90 valence electrons. The third-order valence-corrected chi connectivity index (χ3v) is 3.78. The van der Waals surface area contributed by atoms with Gasteiger partial charge in [-0.3, -0.25) is 0 Å². The molecule has 0 aliphatic heterocycles. The normalized spacial score (nSPS) is 12.7. The first-order valence-electron chi connectivity index (χ1n) is 5.53. The topological polar surface area (TPSA) is 59.1 Å². The number of nitrogens with two attached hydrogens (primary N) is 1. The molecule has 1 atom stereocenters. The fourth-order valence-electron chi connectivity index (χ4n) is 1.57. The van der Waals surface area contributed by atoms with Crippen molar-refractivity contribution in [3.8, 4) is 11.3 Å². The van der Waals surface area contributed by atoms with Crippen molar-refractivity contribution >= 4 is 11.3 Å². The highest BCUT2D eigenvalue weighted by Crippen LogP contribution is 2.26. The third kappa shape index (κ3) is 2.54. The minimum absolute atomic E-state index is 0.208. The molecule has 0 saturated carbocycles. The van der Waals surface area contributed by atoms with Crippen LogP contribution in [-0.4, -0.2) is 16.6 Å². The Hall–Kier alpha value is -1.23. The Bertz CT molecular complexity index is 522. The molecule has 0 radical (unpaired) electrons. The van der Waals surface area contributed by atoms with Crippen LogP contribution in [0.3, 0.4) is 0 Å². The second kappa shape index (κ2) is 4.96. The maximum absolute atomic E-state index is 9.61. The number of aliphatic hydroxyl groups excluding tert-OH is 1. The summed E-state index contributed by atoms with van der Waals surface area (Å²) in [5, 5.41) is 12.2. The molecule has 3 nitrogen and oxygen atoms in total. The van der Waals surface area contributed by atoms with E-state index in [1.54, 1.807) is 0 Å². The van der Waals surface area contributed by atoms with Crippen molar-refractivity contribution in [3.63, 3.8) is 0 Å². The van der Waals surface area contributed by atoms with Crippen LogP contribution in [0.5, 0.6) is 0 Å². The Balaban J connectivity index is 2.33. The van der Waals surface area contributed by atoms with Gasteiger partial charge >= 0.3 is 0 Å². The van der Waals surface area contributed by atoms with Crippen molar-refractivity contribution in [2.75, 3.05) is 6.54 Å². The summed E-state index contributed by atoms with van der Waals surface area (Å²) < 4.78 is 0. The van der Waals surface area contributed by atoms with Gasteiger partial charge in [0.25, 0.3) is 0 Å². The van der Waals surface area contributed by atoms with Gasteiger partial charge in [-0.15, -0.1) is 11.3 Å². The number of aryl methyl sites for hydroxylation is 2. The predicted octanol–water partition coefficient (Wildman–Crippen LogP) is 2.42. The van der Waals surface area contributed by atoms with Gasteiger partial charge in [0.2, 0.25) is 0 Å². The number of aliphatic hydroxyl groups is 1. The Kier molecular flexibility index (Phi) is 3.57. The average Bonchev–Trinajstić information content (AvgIpc) is 2.81. The lowest BCUT2D eigenvalue weighted by atomic mass is 10.1. The minimum atomic E-state index is -0.653. The molecule has 1 unspecified atom stereocenters. The number of benzene rings is 1. The summed E-state index contributed by atoms with van der Waals surface area (Å²) in [4.78, 5) is 4.41. The average molecular weight is 248 g/mol. The molecular formula is C13H16N2OS. The van der Waals surface area contributed by atoms with Gasteiger partial charge < -0.3 is 10.8 Å². The van der Waals surface area contributed by atoms with E-state index in [-0.39, 0.29) is 6.54 Å². The van der Waals surface area contributed by atoms with Gasteiger partial charge in [0, 0.05) is 17.5 Å². The Labute approximate surface area is 105 Å². The lowest BCUT2D eigenvalue weighted by molar-refractivity contribution is 0.186. The first-order chi connectivity index (χ1) is 8.11. The van der Waals surface area contributed by atoms with E-state index in [1.807, 2.05) is 5.38 Å². The fraction of sp³-hybridized carbons (Fsp3) is 0.308. The van der Waals surface area contributed by atoms with Crippen LogP contribution in [0.1, 0.15) is 22.2 Å². The molecule has 0 amide bonds. The van der Waals surface area contributed by atoms with Gasteiger partial charge in [-0.1, -0.05) is 12.1 Å². The van der Waals surface area contributed by atoms with Crippen molar-refractivity contribution in [2.24, 2.45) is 5.73 Å². The SMILES string of the molecule is Cc1ccc(-c2csc(C(O)CN)n2)cc1C. The molecule has 1 aromatic carbocycles. The molecular weight excluding hydrogens is 232 g/mol. The number of thiazole rings is 1. The minimum Gasteiger partial charge on any atom is -0.385 e. The van der Waals surface area contributed by atoms with Crippen molar-refractivity contribution in [1.82, 2.24) is 4.98 Å². The van der Waals surface area contributed by atoms with Crippen LogP contribution in [-0.2, 0) is 0 Å². The van der Waals surface area contributed by atoms with E-state index < -0.39 is 6.10 Å². The van der Waals surface area contributed by atoms with E-state index in [4.69, 9.17) is 5.73 Å². The van der Waals surface area contributed by atoms with Gasteiger partial charge in [-0.2, -0.15) is 0 Å². The molecule has 4 heteroatoms. The molecule has 2 aromatic rings. The van der Waals surface area contributed by atoms with E-state index >= 15 is 0 Å². The molecule has 0 spiro atoms. The monoisotopic (exact) mass is 248 g/mol. The summed E-state index contributed by atoms with van der Waals surface area (Å²) >= 11 is 1.45. The number of nitrogens with zero attached hydrogens (tertiary/aromatic N) is 1. The van der Waals surface area contributed by atoms with Crippen LogP contribution in [0.2, 0.25) is 0 Å². The lowest BCUT2D eigenvalue weighted by Gasteiger charge is -2.03. The first kappa shape index (κ1) is 12.2. The predicted molar refractivity (Wildman–Crippen MR) is 71.0 cm³/mol. The molecule has 0 bridgehead atoms. The number of rotatable bonds is 3. The lowest BCUT2D eigenvalue weighted by Crippen LogP contribution is -2.11. The second-order valence-corrected chi connectivity index (χ2v) is 5.01. The third-order valence-electron chi connectivity index (χ3n) is 2.83. The van der Waals surface area contributed by atoms with E-state index in [9.17, 15) is 5.11 Å². The van der Waals surface area contributed by atoms with Crippen molar-refractivity contribution in [3.05, 3.63) is 39.7 Å². The molecule has 0 aliphatic carbocycles. The van der Waals surface area contributed by atoms with Crippen LogP contribution in [0, 0.1) is 13.8 Å². The molecule has 1 heterocycles. The van der Waals surface area contributed by atoms with Gasteiger partial charge in [-0.05, 0) is 31.0 Å². The van der Waals surface area contributed by atoms with Gasteiger partial charge in [0.15, 0.2) is 0 Å². The largest absolute Gasteiger partial charge is 0.385 e. The Morgan fingerprint density at radius 3 is 2.76 bits per heavy atom. The zero-order chi connectivity index (χ0) is 12.4. The number of hydrogen-bond acceptors (Lipinski definition) is 4. The van der Waals surface area contributed by atoms with Crippen molar-refractivity contribution in [1.29, 1.82) is 0 Å². The zero-order valence-electron chi connectivity index (χ0n) is 9.97. The van der Waals surface area contributed by atoms with Crippen LogP contribution in [0.25, 0.3) is 11.3 Å². The fourth-order valence-corrected chi connectivity index (χ4v) is 2.40. The summed E-state index contributed by atoms with van der Waals surface area (Å²) in [6, 6.07) is 6.25. The molecule has 1 aromatic heterocycles. The van der Waals surface area contributed by atoms with E-state index in [2.05, 4.69) is 37.0 Å². The summed E-state index contributed by atoms with van der Waals surface area (Å²) in [6.45, 7) is 4.38. The molecule has 0 fully saturated rings. The number of hydrogen-bond donors (Lipinski definition) is 2. The van der Waals surface area contributed by atoms with Crippen LogP contribution in [0.15, 0.2) is 23.6 Å². The van der Waals surface area contributed by atoms with Crippen molar-refractivity contribution in [2.45, 2.75) is 20.0 Å². The highest BCUT2D eigenvalue weighted by Gasteiger charge is 2.11. The maximum Gasteiger partial charge on any atom is 0.123 e. The molecule has 2 rings (SSSR count).